The lowest BCUT2D eigenvalue weighted by atomic mass is 9.96. The fourth-order valence-electron chi connectivity index (χ4n) is 2.26. The van der Waals surface area contributed by atoms with Crippen LogP contribution in [0.2, 0.25) is 0 Å². The fourth-order valence-corrected chi connectivity index (χ4v) is 2.26. The van der Waals surface area contributed by atoms with Gasteiger partial charge in [0.15, 0.2) is 0 Å². The van der Waals surface area contributed by atoms with E-state index >= 15 is 0 Å². The van der Waals surface area contributed by atoms with Gasteiger partial charge in [-0.25, -0.2) is 0 Å². The first kappa shape index (κ1) is 6.53. The maximum atomic E-state index is 5.62. The molecule has 0 aromatic carbocycles. The molecule has 1 saturated carbocycles. The number of rotatable bonds is 1. The minimum Gasteiger partial charge on any atom is -0.490 e. The van der Waals surface area contributed by atoms with Crippen LogP contribution in [0.3, 0.4) is 0 Å². The van der Waals surface area contributed by atoms with Crippen LogP contribution in [0.15, 0.2) is 35.6 Å². The summed E-state index contributed by atoms with van der Waals surface area (Å²) in [5.41, 5.74) is 2.98. The third-order valence-corrected chi connectivity index (χ3v) is 3.14. The Morgan fingerprint density at radius 3 is 3.42 bits per heavy atom. The highest BCUT2D eigenvalue weighted by atomic mass is 16.5. The van der Waals surface area contributed by atoms with Crippen molar-refractivity contribution in [3.63, 3.8) is 0 Å². The summed E-state index contributed by atoms with van der Waals surface area (Å²) in [6.45, 7) is 2.21. The lowest BCUT2D eigenvalue weighted by molar-refractivity contribution is 0.165. The lowest BCUT2D eigenvalue weighted by Gasteiger charge is -2.16. The summed E-state index contributed by atoms with van der Waals surface area (Å²) in [6, 6.07) is 0. The summed E-state index contributed by atoms with van der Waals surface area (Å²) in [5.74, 6) is 0.669. The van der Waals surface area contributed by atoms with E-state index in [1.807, 2.05) is 6.26 Å². The lowest BCUT2D eigenvalue weighted by Crippen LogP contribution is -2.14. The minimum atomic E-state index is 0.110. The van der Waals surface area contributed by atoms with Gasteiger partial charge in [0.05, 0.1) is 6.26 Å². The monoisotopic (exact) mass is 160 g/mol. The summed E-state index contributed by atoms with van der Waals surface area (Å²) < 4.78 is 5.62. The van der Waals surface area contributed by atoms with Gasteiger partial charge < -0.3 is 4.74 Å². The van der Waals surface area contributed by atoms with E-state index in [1.165, 1.54) is 17.6 Å². The van der Waals surface area contributed by atoms with Gasteiger partial charge in [-0.2, -0.15) is 0 Å². The summed E-state index contributed by atoms with van der Waals surface area (Å²) >= 11 is 0. The van der Waals surface area contributed by atoms with E-state index in [1.54, 1.807) is 0 Å². The molecule has 1 heteroatoms. The zero-order valence-corrected chi connectivity index (χ0v) is 7.21. The Kier molecular flexibility index (Phi) is 1.00. The topological polar surface area (TPSA) is 9.23 Å². The highest BCUT2D eigenvalue weighted by Gasteiger charge is 2.60. The highest BCUT2D eigenvalue weighted by molar-refractivity contribution is 5.51. The van der Waals surface area contributed by atoms with Crippen molar-refractivity contribution in [1.29, 1.82) is 0 Å². The molecule has 0 radical (unpaired) electrons. The molecule has 3 aliphatic rings. The summed E-state index contributed by atoms with van der Waals surface area (Å²) in [6.07, 6.45) is 10.9. The molecule has 0 saturated heterocycles. The molecule has 0 amide bonds. The molecule has 1 nitrogen and oxygen atoms in total. The first-order valence-corrected chi connectivity index (χ1v) is 4.62. The Morgan fingerprint density at radius 1 is 1.67 bits per heavy atom. The molecule has 0 N–H and O–H groups in total. The maximum absolute atomic E-state index is 5.62. The van der Waals surface area contributed by atoms with E-state index in [0.717, 1.165) is 6.42 Å². The van der Waals surface area contributed by atoms with E-state index < -0.39 is 0 Å². The van der Waals surface area contributed by atoms with E-state index in [2.05, 4.69) is 25.2 Å². The summed E-state index contributed by atoms with van der Waals surface area (Å²) in [5, 5.41) is 0. The van der Waals surface area contributed by atoms with Gasteiger partial charge in [-0.05, 0) is 18.1 Å². The van der Waals surface area contributed by atoms with Crippen molar-refractivity contribution >= 4 is 0 Å². The Bertz CT molecular complexity index is 322. The molecule has 0 aromatic heterocycles. The smallest absolute Gasteiger partial charge is 0.140 e. The van der Waals surface area contributed by atoms with Crippen LogP contribution >= 0.6 is 0 Å². The highest BCUT2D eigenvalue weighted by Crippen LogP contribution is 2.58. The molecule has 62 valence electrons. The SMILES string of the molecule is CCC1=CC2CC23OC=CC3=C1. The van der Waals surface area contributed by atoms with E-state index in [0.29, 0.717) is 5.92 Å². The quantitative estimate of drug-likeness (QED) is 0.572. The number of hydrogen-bond donors (Lipinski definition) is 0. The zero-order valence-electron chi connectivity index (χ0n) is 7.21. The zero-order chi connectivity index (χ0) is 8.18. The Morgan fingerprint density at radius 2 is 2.58 bits per heavy atom. The van der Waals surface area contributed by atoms with Crippen molar-refractivity contribution in [1.82, 2.24) is 0 Å². The first-order chi connectivity index (χ1) is 5.85. The fraction of sp³-hybridized carbons (Fsp3) is 0.455. The van der Waals surface area contributed by atoms with Crippen LogP contribution in [0.4, 0.5) is 0 Å². The Balaban J connectivity index is 2.05. The molecule has 2 unspecified atom stereocenters. The molecule has 1 fully saturated rings. The van der Waals surface area contributed by atoms with Gasteiger partial charge in [-0.3, -0.25) is 0 Å². The largest absolute Gasteiger partial charge is 0.490 e. The average Bonchev–Trinajstić information content (AvgIpc) is 2.65. The van der Waals surface area contributed by atoms with Crippen molar-refractivity contribution < 1.29 is 4.74 Å². The molecular weight excluding hydrogens is 148 g/mol. The Hall–Kier alpha value is -0.980. The van der Waals surface area contributed by atoms with Crippen LogP contribution in [-0.2, 0) is 4.74 Å². The van der Waals surface area contributed by atoms with Gasteiger partial charge in [0.1, 0.15) is 5.60 Å². The number of ether oxygens (including phenoxy) is 1. The van der Waals surface area contributed by atoms with Crippen molar-refractivity contribution in [3.8, 4) is 0 Å². The van der Waals surface area contributed by atoms with E-state index in [4.69, 9.17) is 4.74 Å². The average molecular weight is 160 g/mol. The molecular formula is C11H12O. The van der Waals surface area contributed by atoms with Gasteiger partial charge in [0.25, 0.3) is 0 Å². The maximum Gasteiger partial charge on any atom is 0.140 e. The van der Waals surface area contributed by atoms with Crippen LogP contribution in [0.25, 0.3) is 0 Å². The van der Waals surface area contributed by atoms with Crippen molar-refractivity contribution in [2.45, 2.75) is 25.4 Å². The van der Waals surface area contributed by atoms with E-state index in [9.17, 15) is 0 Å². The van der Waals surface area contributed by atoms with Crippen LogP contribution in [0, 0.1) is 5.92 Å². The van der Waals surface area contributed by atoms with Crippen LogP contribution in [0.1, 0.15) is 19.8 Å². The van der Waals surface area contributed by atoms with Crippen molar-refractivity contribution in [2.24, 2.45) is 5.92 Å². The Labute approximate surface area is 72.4 Å². The summed E-state index contributed by atoms with van der Waals surface area (Å²) in [7, 11) is 0. The molecule has 12 heavy (non-hydrogen) atoms. The van der Waals surface area contributed by atoms with E-state index in [-0.39, 0.29) is 5.60 Å². The third-order valence-electron chi connectivity index (χ3n) is 3.14. The second-order valence-electron chi connectivity index (χ2n) is 3.82. The molecule has 1 heterocycles. The number of hydrogen-bond acceptors (Lipinski definition) is 1. The standard InChI is InChI=1S/C11H12O/c1-2-8-5-9-3-4-12-11(9)7-10(11)6-8/h3-6,10H,2,7H2,1H3. The van der Waals surface area contributed by atoms with Crippen LogP contribution in [-0.4, -0.2) is 5.60 Å². The van der Waals surface area contributed by atoms with Gasteiger partial charge in [0, 0.05) is 12.3 Å². The second-order valence-corrected chi connectivity index (χ2v) is 3.82. The molecule has 0 aromatic rings. The molecule has 2 atom stereocenters. The first-order valence-electron chi connectivity index (χ1n) is 4.62. The van der Waals surface area contributed by atoms with Crippen molar-refractivity contribution in [2.75, 3.05) is 0 Å². The molecule has 1 aliphatic heterocycles. The minimum absolute atomic E-state index is 0.110. The van der Waals surface area contributed by atoms with Gasteiger partial charge >= 0.3 is 0 Å². The van der Waals surface area contributed by atoms with Crippen molar-refractivity contribution in [3.05, 3.63) is 35.6 Å². The summed E-state index contributed by atoms with van der Waals surface area (Å²) in [4.78, 5) is 0. The predicted octanol–water partition coefficient (Wildman–Crippen LogP) is 2.57. The van der Waals surface area contributed by atoms with Gasteiger partial charge in [0.2, 0.25) is 0 Å². The van der Waals surface area contributed by atoms with Gasteiger partial charge in [-0.15, -0.1) is 0 Å². The molecule has 3 rings (SSSR count). The molecule has 2 aliphatic carbocycles. The van der Waals surface area contributed by atoms with Crippen LogP contribution in [0.5, 0.6) is 0 Å². The van der Waals surface area contributed by atoms with Crippen LogP contribution < -0.4 is 0 Å². The normalized spacial score (nSPS) is 40.9. The molecule has 1 spiro atoms. The van der Waals surface area contributed by atoms with Gasteiger partial charge in [-0.1, -0.05) is 24.6 Å². The second kappa shape index (κ2) is 1.85. The molecule has 0 bridgehead atoms. The number of allylic oxidation sites excluding steroid dienone is 2. The predicted molar refractivity (Wildman–Crippen MR) is 47.5 cm³/mol. The third kappa shape index (κ3) is 0.603.